The van der Waals surface area contributed by atoms with Crippen LogP contribution in [0, 0.1) is 0 Å². The van der Waals surface area contributed by atoms with Crippen molar-refractivity contribution in [2.24, 2.45) is 0 Å². The SMILES string of the molecule is Nc1nc2nc(Cc3ccc(Br)cc3)[nH]c2c(=O)[nH]1. The predicted octanol–water partition coefficient (Wildman–Crippen LogP) is 1.58. The Bertz CT molecular complexity index is 790. The highest BCUT2D eigenvalue weighted by Crippen LogP contribution is 2.14. The molecule has 0 atom stereocenters. The van der Waals surface area contributed by atoms with Gasteiger partial charge in [0.2, 0.25) is 5.95 Å². The Morgan fingerprint density at radius 1 is 1.16 bits per heavy atom. The summed E-state index contributed by atoms with van der Waals surface area (Å²) in [5, 5.41) is 0. The molecule has 0 saturated heterocycles. The van der Waals surface area contributed by atoms with E-state index >= 15 is 0 Å². The minimum Gasteiger partial charge on any atom is -0.369 e. The second-order valence-electron chi connectivity index (χ2n) is 4.14. The number of anilines is 1. The van der Waals surface area contributed by atoms with Gasteiger partial charge in [0.15, 0.2) is 11.2 Å². The van der Waals surface area contributed by atoms with Gasteiger partial charge in [0, 0.05) is 10.9 Å². The first-order chi connectivity index (χ1) is 9.11. The minimum absolute atomic E-state index is 0.0687. The highest BCUT2D eigenvalue weighted by Gasteiger charge is 2.09. The van der Waals surface area contributed by atoms with Gasteiger partial charge in [-0.3, -0.25) is 9.78 Å². The average Bonchev–Trinajstić information content (AvgIpc) is 2.75. The molecule has 0 saturated carbocycles. The zero-order valence-corrected chi connectivity index (χ0v) is 11.4. The number of fused-ring (bicyclic) bond motifs is 1. The Balaban J connectivity index is 2.00. The fourth-order valence-corrected chi connectivity index (χ4v) is 2.12. The van der Waals surface area contributed by atoms with Crippen LogP contribution < -0.4 is 11.3 Å². The van der Waals surface area contributed by atoms with E-state index in [-0.39, 0.29) is 11.5 Å². The molecular weight excluding hydrogens is 310 g/mol. The molecule has 0 fully saturated rings. The van der Waals surface area contributed by atoms with Crippen molar-refractivity contribution in [3.63, 3.8) is 0 Å². The Morgan fingerprint density at radius 2 is 1.89 bits per heavy atom. The van der Waals surface area contributed by atoms with E-state index in [1.807, 2.05) is 24.3 Å². The molecule has 4 N–H and O–H groups in total. The molecule has 0 aliphatic carbocycles. The van der Waals surface area contributed by atoms with Gasteiger partial charge in [-0.25, -0.2) is 4.98 Å². The summed E-state index contributed by atoms with van der Waals surface area (Å²) in [6.45, 7) is 0. The standard InChI is InChI=1S/C12H10BrN5O/c13-7-3-1-6(2-4-7)5-8-15-9-10(16-8)17-12(14)18-11(9)19/h1-4H,5H2,(H4,14,15,16,17,18,19). The molecule has 0 radical (unpaired) electrons. The van der Waals surface area contributed by atoms with Crippen LogP contribution >= 0.6 is 15.9 Å². The fourth-order valence-electron chi connectivity index (χ4n) is 1.85. The summed E-state index contributed by atoms with van der Waals surface area (Å²) in [5.41, 5.74) is 6.95. The number of nitrogens with two attached hydrogens (primary N) is 1. The first kappa shape index (κ1) is 11.9. The smallest absolute Gasteiger partial charge is 0.278 e. The van der Waals surface area contributed by atoms with E-state index in [0.717, 1.165) is 10.0 Å². The molecule has 0 aliphatic rings. The van der Waals surface area contributed by atoms with Crippen LogP contribution in [0.4, 0.5) is 5.95 Å². The lowest BCUT2D eigenvalue weighted by Crippen LogP contribution is -2.10. The zero-order valence-electron chi connectivity index (χ0n) is 9.77. The number of aromatic amines is 2. The van der Waals surface area contributed by atoms with Gasteiger partial charge in [0.05, 0.1) is 0 Å². The van der Waals surface area contributed by atoms with Crippen molar-refractivity contribution in [1.29, 1.82) is 0 Å². The highest BCUT2D eigenvalue weighted by molar-refractivity contribution is 9.10. The van der Waals surface area contributed by atoms with Crippen LogP contribution in [0.1, 0.15) is 11.4 Å². The summed E-state index contributed by atoms with van der Waals surface area (Å²) in [7, 11) is 0. The molecule has 0 aliphatic heterocycles. The summed E-state index contributed by atoms with van der Waals surface area (Å²) < 4.78 is 1.02. The van der Waals surface area contributed by atoms with Gasteiger partial charge >= 0.3 is 0 Å². The summed E-state index contributed by atoms with van der Waals surface area (Å²) >= 11 is 3.38. The monoisotopic (exact) mass is 319 g/mol. The van der Waals surface area contributed by atoms with Crippen LogP contribution in [0.25, 0.3) is 11.2 Å². The zero-order chi connectivity index (χ0) is 13.4. The predicted molar refractivity (Wildman–Crippen MR) is 75.9 cm³/mol. The van der Waals surface area contributed by atoms with Crippen molar-refractivity contribution in [2.75, 3.05) is 5.73 Å². The van der Waals surface area contributed by atoms with Gasteiger partial charge in [-0.15, -0.1) is 0 Å². The van der Waals surface area contributed by atoms with Crippen LogP contribution in [-0.4, -0.2) is 19.9 Å². The van der Waals surface area contributed by atoms with Crippen molar-refractivity contribution in [2.45, 2.75) is 6.42 Å². The number of nitrogens with zero attached hydrogens (tertiary/aromatic N) is 2. The highest BCUT2D eigenvalue weighted by atomic mass is 79.9. The molecule has 0 spiro atoms. The maximum absolute atomic E-state index is 11.7. The Hall–Kier alpha value is -2.15. The number of benzene rings is 1. The van der Waals surface area contributed by atoms with E-state index in [4.69, 9.17) is 5.73 Å². The van der Waals surface area contributed by atoms with E-state index in [1.165, 1.54) is 0 Å². The number of rotatable bonds is 2. The first-order valence-electron chi connectivity index (χ1n) is 5.60. The first-order valence-corrected chi connectivity index (χ1v) is 6.40. The molecule has 0 unspecified atom stereocenters. The molecule has 96 valence electrons. The summed E-state index contributed by atoms with van der Waals surface area (Å²) in [5.74, 6) is 0.750. The lowest BCUT2D eigenvalue weighted by atomic mass is 10.1. The quantitative estimate of drug-likeness (QED) is 0.667. The molecule has 19 heavy (non-hydrogen) atoms. The average molecular weight is 320 g/mol. The normalized spacial score (nSPS) is 11.0. The van der Waals surface area contributed by atoms with Crippen LogP contribution in [-0.2, 0) is 6.42 Å². The van der Waals surface area contributed by atoms with Crippen LogP contribution in [0.5, 0.6) is 0 Å². The number of hydrogen-bond donors (Lipinski definition) is 3. The van der Waals surface area contributed by atoms with Crippen molar-refractivity contribution >= 4 is 33.0 Å². The molecule has 2 aromatic heterocycles. The van der Waals surface area contributed by atoms with Crippen LogP contribution in [0.2, 0.25) is 0 Å². The Morgan fingerprint density at radius 3 is 2.63 bits per heavy atom. The van der Waals surface area contributed by atoms with Gasteiger partial charge in [0.25, 0.3) is 5.56 Å². The number of H-pyrrole nitrogens is 2. The fraction of sp³-hybridized carbons (Fsp3) is 0.0833. The molecule has 0 amide bonds. The third-order valence-corrected chi connectivity index (χ3v) is 3.24. The molecule has 2 heterocycles. The van der Waals surface area contributed by atoms with E-state index in [2.05, 4.69) is 35.9 Å². The largest absolute Gasteiger partial charge is 0.369 e. The van der Waals surface area contributed by atoms with E-state index in [1.54, 1.807) is 0 Å². The number of aromatic nitrogens is 4. The van der Waals surface area contributed by atoms with E-state index in [9.17, 15) is 4.79 Å². The molecule has 6 nitrogen and oxygen atoms in total. The Kier molecular flexibility index (Phi) is 2.83. The lowest BCUT2D eigenvalue weighted by Gasteiger charge is -1.97. The van der Waals surface area contributed by atoms with Gasteiger partial charge < -0.3 is 10.7 Å². The summed E-state index contributed by atoms with van der Waals surface area (Å²) in [6, 6.07) is 7.90. The van der Waals surface area contributed by atoms with E-state index in [0.29, 0.717) is 23.4 Å². The topological polar surface area (TPSA) is 100 Å². The lowest BCUT2D eigenvalue weighted by molar-refractivity contribution is 1.03. The molecule has 1 aromatic carbocycles. The summed E-state index contributed by atoms with van der Waals surface area (Å²) in [6.07, 6.45) is 0.600. The number of halogens is 1. The number of nitrogen functional groups attached to an aromatic ring is 1. The second-order valence-corrected chi connectivity index (χ2v) is 5.05. The number of nitrogens with one attached hydrogen (secondary N) is 2. The molecule has 3 aromatic rings. The molecular formula is C12H10BrN5O. The van der Waals surface area contributed by atoms with Crippen molar-refractivity contribution in [3.8, 4) is 0 Å². The number of imidazole rings is 1. The van der Waals surface area contributed by atoms with E-state index < -0.39 is 0 Å². The van der Waals surface area contributed by atoms with Crippen molar-refractivity contribution in [1.82, 2.24) is 19.9 Å². The van der Waals surface area contributed by atoms with Crippen LogP contribution in [0.3, 0.4) is 0 Å². The number of hydrogen-bond acceptors (Lipinski definition) is 4. The third kappa shape index (κ3) is 2.37. The van der Waals surface area contributed by atoms with Gasteiger partial charge in [-0.1, -0.05) is 28.1 Å². The van der Waals surface area contributed by atoms with Crippen LogP contribution in [0.15, 0.2) is 33.5 Å². The third-order valence-electron chi connectivity index (χ3n) is 2.71. The Labute approximate surface area is 116 Å². The van der Waals surface area contributed by atoms with Crippen molar-refractivity contribution < 1.29 is 0 Å². The summed E-state index contributed by atoms with van der Waals surface area (Å²) in [4.78, 5) is 25.3. The molecule has 0 bridgehead atoms. The van der Waals surface area contributed by atoms with Gasteiger partial charge in [-0.2, -0.15) is 4.98 Å². The van der Waals surface area contributed by atoms with Gasteiger partial charge in [-0.05, 0) is 17.7 Å². The maximum atomic E-state index is 11.7. The molecule has 7 heteroatoms. The minimum atomic E-state index is -0.308. The van der Waals surface area contributed by atoms with Gasteiger partial charge in [0.1, 0.15) is 5.82 Å². The van der Waals surface area contributed by atoms with Crippen molar-refractivity contribution in [3.05, 3.63) is 50.5 Å². The molecule has 3 rings (SSSR count). The second kappa shape index (κ2) is 4.51. The maximum Gasteiger partial charge on any atom is 0.278 e.